The second-order valence-electron chi connectivity index (χ2n) is 9.69. The van der Waals surface area contributed by atoms with Gasteiger partial charge in [0.2, 0.25) is 0 Å². The number of hydrogen-bond acceptors (Lipinski definition) is 5. The molecular formula is C29H38FN2O5+. The van der Waals surface area contributed by atoms with E-state index in [4.69, 9.17) is 9.47 Å². The summed E-state index contributed by atoms with van der Waals surface area (Å²) in [6.07, 6.45) is 4.16. The smallest absolute Gasteiger partial charge is 0.362 e. The highest BCUT2D eigenvalue weighted by atomic mass is 19.1. The minimum Gasteiger partial charge on any atom is -0.462 e. The van der Waals surface area contributed by atoms with E-state index in [9.17, 15) is 18.8 Å². The van der Waals surface area contributed by atoms with Gasteiger partial charge in [-0.3, -0.25) is 4.79 Å². The summed E-state index contributed by atoms with van der Waals surface area (Å²) in [5.74, 6) is -1.91. The maximum atomic E-state index is 14.1. The number of carbonyl (C=O) groups is 3. The van der Waals surface area contributed by atoms with E-state index in [0.29, 0.717) is 29.6 Å². The summed E-state index contributed by atoms with van der Waals surface area (Å²) in [6.45, 7) is 7.09. The van der Waals surface area contributed by atoms with E-state index >= 15 is 0 Å². The molecule has 1 N–H and O–H groups in total. The van der Waals surface area contributed by atoms with Crippen LogP contribution >= 0.6 is 0 Å². The third-order valence-corrected chi connectivity index (χ3v) is 6.96. The lowest BCUT2D eigenvalue weighted by Crippen LogP contribution is -2.64. The van der Waals surface area contributed by atoms with Gasteiger partial charge in [0, 0.05) is 6.42 Å². The molecule has 2 aromatic carbocycles. The van der Waals surface area contributed by atoms with E-state index in [1.807, 2.05) is 37.3 Å². The maximum Gasteiger partial charge on any atom is 0.362 e. The van der Waals surface area contributed by atoms with Gasteiger partial charge in [-0.15, -0.1) is 0 Å². The van der Waals surface area contributed by atoms with Crippen LogP contribution in [0.3, 0.4) is 0 Å². The highest BCUT2D eigenvalue weighted by molar-refractivity contribution is 6.03. The zero-order valence-corrected chi connectivity index (χ0v) is 22.1. The van der Waals surface area contributed by atoms with E-state index in [2.05, 4.69) is 5.32 Å². The summed E-state index contributed by atoms with van der Waals surface area (Å²) in [5.41, 5.74) is 1.56. The Hall–Kier alpha value is -3.26. The van der Waals surface area contributed by atoms with Gasteiger partial charge in [0.15, 0.2) is 12.6 Å². The Morgan fingerprint density at radius 1 is 1.03 bits per heavy atom. The number of nitrogens with one attached hydrogen (secondary N) is 1. The van der Waals surface area contributed by atoms with Gasteiger partial charge >= 0.3 is 11.9 Å². The zero-order chi connectivity index (χ0) is 26.8. The first-order valence-electron chi connectivity index (χ1n) is 13.1. The Kier molecular flexibility index (Phi) is 10.2. The van der Waals surface area contributed by atoms with Crippen LogP contribution in [0.15, 0.2) is 42.5 Å². The number of hydrogen-bond donors (Lipinski definition) is 1. The number of aryl methyl sites for hydroxylation is 1. The van der Waals surface area contributed by atoms with E-state index in [1.165, 1.54) is 6.07 Å². The first kappa shape index (κ1) is 28.3. The number of benzene rings is 2. The van der Waals surface area contributed by atoms with Crippen molar-refractivity contribution in [2.24, 2.45) is 0 Å². The molecular weight excluding hydrogens is 475 g/mol. The molecule has 0 saturated carbocycles. The fourth-order valence-electron chi connectivity index (χ4n) is 5.18. The van der Waals surface area contributed by atoms with Gasteiger partial charge in [-0.1, -0.05) is 37.3 Å². The summed E-state index contributed by atoms with van der Waals surface area (Å²) in [7, 11) is 0. The van der Waals surface area contributed by atoms with Crippen LogP contribution in [0.2, 0.25) is 0 Å². The van der Waals surface area contributed by atoms with Gasteiger partial charge in [-0.05, 0) is 62.8 Å². The molecule has 7 nitrogen and oxygen atoms in total. The maximum absolute atomic E-state index is 14.1. The van der Waals surface area contributed by atoms with E-state index in [-0.39, 0.29) is 42.9 Å². The third kappa shape index (κ3) is 7.38. The van der Waals surface area contributed by atoms with Crippen molar-refractivity contribution in [2.75, 3.05) is 31.6 Å². The first-order valence-corrected chi connectivity index (χ1v) is 13.1. The van der Waals surface area contributed by atoms with Crippen LogP contribution in [0.1, 0.15) is 67.4 Å². The van der Waals surface area contributed by atoms with Crippen LogP contribution in [0, 0.1) is 12.7 Å². The molecule has 1 saturated heterocycles. The molecule has 1 heterocycles. The monoisotopic (exact) mass is 513 g/mol. The minimum atomic E-state index is -0.696. The summed E-state index contributed by atoms with van der Waals surface area (Å²) in [5, 5.41) is 2.91. The number of esters is 2. The second kappa shape index (κ2) is 13.3. The molecule has 1 amide bonds. The fraction of sp³-hybridized carbons (Fsp3) is 0.483. The van der Waals surface area contributed by atoms with Crippen molar-refractivity contribution in [3.05, 3.63) is 65.0 Å². The number of nitrogens with zero attached hydrogens (tertiary/aromatic N) is 1. The van der Waals surface area contributed by atoms with Crippen LogP contribution in [0.25, 0.3) is 0 Å². The lowest BCUT2D eigenvalue weighted by atomic mass is 9.98. The number of ether oxygens (including phenoxy) is 2. The number of piperidine rings is 1. The SMILES string of the molecule is CCCC(C(=O)Nc1c(C)cc(F)cc1C(=O)OCC)[N+]1(CC(=O)OCc2ccccc2)CCCCC1. The molecule has 1 fully saturated rings. The van der Waals surface area contributed by atoms with Gasteiger partial charge in [0.1, 0.15) is 12.4 Å². The number of likely N-dealkylation sites (tertiary alicyclic amines) is 1. The Labute approximate surface area is 218 Å². The molecule has 3 rings (SSSR count). The Morgan fingerprint density at radius 3 is 2.38 bits per heavy atom. The fourth-order valence-corrected chi connectivity index (χ4v) is 5.18. The molecule has 1 unspecified atom stereocenters. The van der Waals surface area contributed by atoms with Crippen molar-refractivity contribution in [1.29, 1.82) is 0 Å². The second-order valence-corrected chi connectivity index (χ2v) is 9.69. The number of amides is 1. The normalized spacial score (nSPS) is 15.5. The molecule has 200 valence electrons. The highest BCUT2D eigenvalue weighted by Crippen LogP contribution is 2.29. The summed E-state index contributed by atoms with van der Waals surface area (Å²) in [6, 6.07) is 11.3. The van der Waals surface area contributed by atoms with Crippen molar-refractivity contribution in [2.45, 2.75) is 65.5 Å². The number of carbonyl (C=O) groups excluding carboxylic acids is 3. The molecule has 0 radical (unpaired) electrons. The molecule has 8 heteroatoms. The third-order valence-electron chi connectivity index (χ3n) is 6.96. The van der Waals surface area contributed by atoms with E-state index in [0.717, 1.165) is 37.3 Å². The van der Waals surface area contributed by atoms with Crippen molar-refractivity contribution < 1.29 is 32.7 Å². The lowest BCUT2D eigenvalue weighted by Gasteiger charge is -2.45. The van der Waals surface area contributed by atoms with Crippen LogP contribution in [0.5, 0.6) is 0 Å². The van der Waals surface area contributed by atoms with Gasteiger partial charge in [0.25, 0.3) is 5.91 Å². The lowest BCUT2D eigenvalue weighted by molar-refractivity contribution is -0.940. The first-order chi connectivity index (χ1) is 17.8. The Bertz CT molecular complexity index is 1080. The average molecular weight is 514 g/mol. The number of quaternary nitrogens is 1. The van der Waals surface area contributed by atoms with Crippen LogP contribution in [-0.4, -0.2) is 54.6 Å². The molecule has 37 heavy (non-hydrogen) atoms. The predicted molar refractivity (Wildman–Crippen MR) is 139 cm³/mol. The van der Waals surface area contributed by atoms with Crippen LogP contribution in [-0.2, 0) is 25.7 Å². The average Bonchev–Trinajstić information content (AvgIpc) is 2.88. The quantitative estimate of drug-likeness (QED) is 0.332. The molecule has 1 aliphatic rings. The standard InChI is InChI=1S/C29H37FN2O5/c1-4-12-25(28(34)31-27-21(3)17-23(30)18-24(27)29(35)36-5-2)32(15-10-7-11-16-32)19-26(33)37-20-22-13-8-6-9-14-22/h6,8-9,13-14,17-18,25H,4-5,7,10-12,15-16,19-20H2,1-3H3/p+1. The number of rotatable bonds is 11. The number of anilines is 1. The summed E-state index contributed by atoms with van der Waals surface area (Å²) < 4.78 is 25.1. The molecule has 0 spiro atoms. The minimum absolute atomic E-state index is 0.0181. The summed E-state index contributed by atoms with van der Waals surface area (Å²) in [4.78, 5) is 39.4. The van der Waals surface area contributed by atoms with Gasteiger partial charge in [0.05, 0.1) is 30.9 Å². The topological polar surface area (TPSA) is 81.7 Å². The molecule has 0 bridgehead atoms. The van der Waals surface area contributed by atoms with Crippen molar-refractivity contribution >= 4 is 23.5 Å². The van der Waals surface area contributed by atoms with E-state index in [1.54, 1.807) is 13.8 Å². The molecule has 0 aliphatic carbocycles. The molecule has 1 aliphatic heterocycles. The number of halogens is 1. The van der Waals surface area contributed by atoms with Crippen LogP contribution in [0.4, 0.5) is 10.1 Å². The molecule has 0 aromatic heterocycles. The largest absolute Gasteiger partial charge is 0.462 e. The zero-order valence-electron chi connectivity index (χ0n) is 22.1. The van der Waals surface area contributed by atoms with Crippen molar-refractivity contribution in [1.82, 2.24) is 0 Å². The van der Waals surface area contributed by atoms with Gasteiger partial charge in [-0.25, -0.2) is 14.0 Å². The van der Waals surface area contributed by atoms with Crippen LogP contribution < -0.4 is 5.32 Å². The highest BCUT2D eigenvalue weighted by Gasteiger charge is 2.44. The van der Waals surface area contributed by atoms with Gasteiger partial charge in [-0.2, -0.15) is 0 Å². The Morgan fingerprint density at radius 2 is 1.73 bits per heavy atom. The Balaban J connectivity index is 1.86. The van der Waals surface area contributed by atoms with Crippen molar-refractivity contribution in [3.63, 3.8) is 0 Å². The predicted octanol–water partition coefficient (Wildman–Crippen LogP) is 5.16. The van der Waals surface area contributed by atoms with Gasteiger partial charge < -0.3 is 19.3 Å². The molecule has 1 atom stereocenters. The van der Waals surface area contributed by atoms with Crippen molar-refractivity contribution in [3.8, 4) is 0 Å². The molecule has 2 aromatic rings. The summed E-state index contributed by atoms with van der Waals surface area (Å²) >= 11 is 0. The van der Waals surface area contributed by atoms with E-state index < -0.39 is 17.8 Å².